The van der Waals surface area contributed by atoms with Gasteiger partial charge in [-0.25, -0.2) is 4.79 Å². The number of nitrogens with zero attached hydrogens (tertiary/aromatic N) is 1. The number of esters is 1. The summed E-state index contributed by atoms with van der Waals surface area (Å²) in [6, 6.07) is 9.38. The van der Waals surface area contributed by atoms with E-state index in [0.29, 0.717) is 23.8 Å². The number of hydrogen-bond acceptors (Lipinski definition) is 4. The minimum absolute atomic E-state index is 0.343. The number of carbonyl (C=O) groups is 1. The van der Waals surface area contributed by atoms with Gasteiger partial charge in [0.1, 0.15) is 0 Å². The van der Waals surface area contributed by atoms with Crippen LogP contribution in [0.3, 0.4) is 0 Å². The third kappa shape index (κ3) is 2.82. The Hall–Kier alpha value is -1.78. The highest BCUT2D eigenvalue weighted by Crippen LogP contribution is 2.32. The molecular weight excluding hydrogens is 290 g/mol. The third-order valence-corrected chi connectivity index (χ3v) is 3.89. The predicted octanol–water partition coefficient (Wildman–Crippen LogP) is 3.12. The molecule has 0 bridgehead atoms. The molecule has 0 aromatic heterocycles. The average molecular weight is 306 g/mol. The zero-order valence-corrected chi connectivity index (χ0v) is 12.5. The summed E-state index contributed by atoms with van der Waals surface area (Å²) in [5, 5.41) is 2.67. The van der Waals surface area contributed by atoms with Gasteiger partial charge in [-0.05, 0) is 29.7 Å². The first kappa shape index (κ1) is 14.2. The van der Waals surface area contributed by atoms with Crippen molar-refractivity contribution in [2.24, 2.45) is 0 Å². The van der Waals surface area contributed by atoms with Crippen LogP contribution in [0.4, 0.5) is 5.69 Å². The van der Waals surface area contributed by atoms with E-state index < -0.39 is 0 Å². The fourth-order valence-electron chi connectivity index (χ4n) is 2.62. The molecule has 0 unspecified atom stereocenters. The lowest BCUT2D eigenvalue weighted by Gasteiger charge is -2.30. The van der Waals surface area contributed by atoms with Crippen molar-refractivity contribution in [2.75, 3.05) is 38.3 Å². The van der Waals surface area contributed by atoms with Gasteiger partial charge in [-0.3, -0.25) is 0 Å². The molecule has 110 valence electrons. The van der Waals surface area contributed by atoms with Gasteiger partial charge in [0, 0.05) is 29.2 Å². The largest absolute Gasteiger partial charge is 0.465 e. The highest BCUT2D eigenvalue weighted by Gasteiger charge is 2.16. The zero-order chi connectivity index (χ0) is 14.8. The van der Waals surface area contributed by atoms with Crippen LogP contribution in [0.1, 0.15) is 10.4 Å². The number of benzene rings is 2. The van der Waals surface area contributed by atoms with Crippen molar-refractivity contribution in [2.45, 2.75) is 0 Å². The molecule has 1 heterocycles. The molecule has 2 aromatic carbocycles. The Kier molecular flexibility index (Phi) is 3.99. The van der Waals surface area contributed by atoms with Crippen LogP contribution >= 0.6 is 11.6 Å². The Labute approximate surface area is 128 Å². The summed E-state index contributed by atoms with van der Waals surface area (Å²) in [7, 11) is 1.38. The molecule has 3 rings (SSSR count). The first-order valence-corrected chi connectivity index (χ1v) is 7.21. The van der Waals surface area contributed by atoms with Crippen molar-refractivity contribution >= 4 is 34.0 Å². The topological polar surface area (TPSA) is 38.8 Å². The second kappa shape index (κ2) is 5.92. The summed E-state index contributed by atoms with van der Waals surface area (Å²) >= 11 is 6.23. The molecule has 2 aromatic rings. The molecule has 0 saturated carbocycles. The summed E-state index contributed by atoms with van der Waals surface area (Å²) in [4.78, 5) is 13.9. The Bertz CT molecular complexity index is 681. The molecule has 0 aliphatic carbocycles. The second-order valence-corrected chi connectivity index (χ2v) is 5.39. The number of anilines is 1. The van der Waals surface area contributed by atoms with E-state index in [9.17, 15) is 4.79 Å². The fourth-order valence-corrected chi connectivity index (χ4v) is 2.85. The number of halogens is 1. The van der Waals surface area contributed by atoms with E-state index >= 15 is 0 Å². The van der Waals surface area contributed by atoms with Crippen LogP contribution in [-0.4, -0.2) is 39.4 Å². The van der Waals surface area contributed by atoms with Crippen LogP contribution in [0.15, 0.2) is 30.3 Å². The van der Waals surface area contributed by atoms with Crippen LogP contribution in [0.2, 0.25) is 5.02 Å². The number of methoxy groups -OCH3 is 1. The molecule has 0 atom stereocenters. The van der Waals surface area contributed by atoms with Gasteiger partial charge in [-0.1, -0.05) is 17.7 Å². The van der Waals surface area contributed by atoms with Crippen LogP contribution in [-0.2, 0) is 9.47 Å². The number of rotatable bonds is 2. The van der Waals surface area contributed by atoms with Crippen molar-refractivity contribution in [3.8, 4) is 0 Å². The Morgan fingerprint density at radius 1 is 1.24 bits per heavy atom. The van der Waals surface area contributed by atoms with Crippen molar-refractivity contribution < 1.29 is 14.3 Å². The van der Waals surface area contributed by atoms with E-state index in [1.54, 1.807) is 6.07 Å². The highest BCUT2D eigenvalue weighted by atomic mass is 35.5. The number of carbonyl (C=O) groups excluding carboxylic acids is 1. The summed E-state index contributed by atoms with van der Waals surface area (Å²) in [5.74, 6) is -0.343. The molecule has 5 heteroatoms. The molecule has 0 amide bonds. The molecule has 1 aliphatic heterocycles. The Balaban J connectivity index is 2.10. The van der Waals surface area contributed by atoms with E-state index in [1.165, 1.54) is 7.11 Å². The zero-order valence-electron chi connectivity index (χ0n) is 11.8. The quantitative estimate of drug-likeness (QED) is 0.799. The van der Waals surface area contributed by atoms with Gasteiger partial charge < -0.3 is 14.4 Å². The summed E-state index contributed by atoms with van der Waals surface area (Å²) in [6.07, 6.45) is 0. The maximum Gasteiger partial charge on any atom is 0.337 e. The van der Waals surface area contributed by atoms with E-state index in [0.717, 1.165) is 29.5 Å². The lowest BCUT2D eigenvalue weighted by atomic mass is 10.0. The Morgan fingerprint density at radius 3 is 2.71 bits per heavy atom. The van der Waals surface area contributed by atoms with Gasteiger partial charge in [0.15, 0.2) is 0 Å². The summed E-state index contributed by atoms with van der Waals surface area (Å²) in [6.45, 7) is 3.12. The summed E-state index contributed by atoms with van der Waals surface area (Å²) < 4.78 is 10.2. The van der Waals surface area contributed by atoms with Gasteiger partial charge >= 0.3 is 5.97 Å². The molecule has 21 heavy (non-hydrogen) atoms. The van der Waals surface area contributed by atoms with Gasteiger partial charge in [0.05, 0.1) is 25.9 Å². The molecule has 0 spiro atoms. The molecule has 4 nitrogen and oxygen atoms in total. The number of fused-ring (bicyclic) bond motifs is 1. The minimum Gasteiger partial charge on any atom is -0.465 e. The van der Waals surface area contributed by atoms with Crippen LogP contribution in [0, 0.1) is 0 Å². The molecular formula is C16H16ClNO3. The highest BCUT2D eigenvalue weighted by molar-refractivity contribution is 6.32. The average Bonchev–Trinajstić information content (AvgIpc) is 2.53. The first-order chi connectivity index (χ1) is 10.2. The van der Waals surface area contributed by atoms with Crippen molar-refractivity contribution in [3.63, 3.8) is 0 Å². The van der Waals surface area contributed by atoms with Gasteiger partial charge in [0.2, 0.25) is 0 Å². The van der Waals surface area contributed by atoms with Gasteiger partial charge in [-0.15, -0.1) is 0 Å². The molecule has 0 radical (unpaired) electrons. The molecule has 1 fully saturated rings. The second-order valence-electron chi connectivity index (χ2n) is 4.95. The number of ether oxygens (including phenoxy) is 2. The molecule has 1 saturated heterocycles. The van der Waals surface area contributed by atoms with Crippen molar-refractivity contribution in [3.05, 3.63) is 40.9 Å². The van der Waals surface area contributed by atoms with Crippen molar-refractivity contribution in [1.29, 1.82) is 0 Å². The Morgan fingerprint density at radius 2 is 2.00 bits per heavy atom. The lowest BCUT2D eigenvalue weighted by Crippen LogP contribution is -2.36. The van der Waals surface area contributed by atoms with Crippen LogP contribution in [0.25, 0.3) is 10.8 Å². The fraction of sp³-hybridized carbons (Fsp3) is 0.312. The van der Waals surface area contributed by atoms with E-state index in [2.05, 4.69) is 4.90 Å². The van der Waals surface area contributed by atoms with Crippen LogP contribution < -0.4 is 4.90 Å². The number of morpholine rings is 1. The van der Waals surface area contributed by atoms with Gasteiger partial charge in [0.25, 0.3) is 0 Å². The first-order valence-electron chi connectivity index (χ1n) is 6.83. The van der Waals surface area contributed by atoms with Crippen LogP contribution in [0.5, 0.6) is 0 Å². The minimum atomic E-state index is -0.343. The normalized spacial score (nSPS) is 15.2. The maximum absolute atomic E-state index is 11.6. The van der Waals surface area contributed by atoms with Crippen molar-refractivity contribution in [1.82, 2.24) is 0 Å². The molecule has 1 aliphatic rings. The van der Waals surface area contributed by atoms with Gasteiger partial charge in [-0.2, -0.15) is 0 Å². The van der Waals surface area contributed by atoms with E-state index in [1.807, 2.05) is 24.3 Å². The monoisotopic (exact) mass is 305 g/mol. The van der Waals surface area contributed by atoms with E-state index in [-0.39, 0.29) is 5.97 Å². The summed E-state index contributed by atoms with van der Waals surface area (Å²) in [5.41, 5.74) is 1.61. The number of hydrogen-bond donors (Lipinski definition) is 0. The predicted molar refractivity (Wildman–Crippen MR) is 83.3 cm³/mol. The third-order valence-electron chi connectivity index (χ3n) is 3.67. The lowest BCUT2D eigenvalue weighted by molar-refractivity contribution is 0.0601. The standard InChI is InChI=1S/C16H16ClNO3/c1-20-16(19)11-2-3-14-12(8-11)9-13(17)10-15(14)18-4-6-21-7-5-18/h2-3,8-10H,4-7H2,1H3. The maximum atomic E-state index is 11.6. The molecule has 0 N–H and O–H groups in total. The SMILES string of the molecule is COC(=O)c1ccc2c(N3CCOCC3)cc(Cl)cc2c1. The van der Waals surface area contributed by atoms with E-state index in [4.69, 9.17) is 21.1 Å². The smallest absolute Gasteiger partial charge is 0.337 e.